The zero-order valence-electron chi connectivity index (χ0n) is 11.0. The summed E-state index contributed by atoms with van der Waals surface area (Å²) < 4.78 is 2.06. The van der Waals surface area contributed by atoms with Gasteiger partial charge in [0.2, 0.25) is 5.91 Å². The van der Waals surface area contributed by atoms with Crippen molar-refractivity contribution in [2.45, 2.75) is 52.9 Å². The lowest BCUT2D eigenvalue weighted by Crippen LogP contribution is -2.44. The Bertz CT molecular complexity index is 359. The minimum atomic E-state index is -0.197. The fourth-order valence-electron chi connectivity index (χ4n) is 1.54. The van der Waals surface area contributed by atoms with Crippen LogP contribution in [0.4, 0.5) is 0 Å². The highest BCUT2D eigenvalue weighted by Crippen LogP contribution is 1.99. The number of carbonyl (C=O) groups is 1. The van der Waals surface area contributed by atoms with Gasteiger partial charge in [-0.05, 0) is 27.7 Å². The van der Waals surface area contributed by atoms with Crippen molar-refractivity contribution in [3.05, 3.63) is 18.2 Å². The largest absolute Gasteiger partial charge is 0.353 e. The van der Waals surface area contributed by atoms with E-state index in [4.69, 9.17) is 0 Å². The van der Waals surface area contributed by atoms with Crippen molar-refractivity contribution in [1.29, 1.82) is 0 Å². The van der Waals surface area contributed by atoms with Crippen molar-refractivity contribution in [1.82, 2.24) is 20.2 Å². The Balaban J connectivity index is 2.42. The molecule has 17 heavy (non-hydrogen) atoms. The van der Waals surface area contributed by atoms with Crippen LogP contribution in [0.2, 0.25) is 0 Å². The van der Waals surface area contributed by atoms with E-state index in [9.17, 15) is 4.79 Å². The lowest BCUT2D eigenvalue weighted by Gasteiger charge is -2.16. The average Bonchev–Trinajstić information content (AvgIpc) is 2.72. The topological polar surface area (TPSA) is 59.0 Å². The van der Waals surface area contributed by atoms with E-state index in [1.807, 2.05) is 27.0 Å². The Morgan fingerprint density at radius 1 is 1.47 bits per heavy atom. The van der Waals surface area contributed by atoms with Crippen LogP contribution in [0.25, 0.3) is 0 Å². The van der Waals surface area contributed by atoms with Crippen molar-refractivity contribution in [3.63, 3.8) is 0 Å². The van der Waals surface area contributed by atoms with E-state index in [1.165, 1.54) is 0 Å². The Hall–Kier alpha value is -1.36. The third-order valence-electron chi connectivity index (χ3n) is 2.55. The molecule has 1 aromatic heterocycles. The second kappa shape index (κ2) is 6.39. The molecule has 0 spiro atoms. The van der Waals surface area contributed by atoms with Gasteiger partial charge < -0.3 is 15.2 Å². The monoisotopic (exact) mass is 238 g/mol. The molecule has 5 nitrogen and oxygen atoms in total. The number of imidazole rings is 1. The summed E-state index contributed by atoms with van der Waals surface area (Å²) in [5, 5.41) is 6.07. The summed E-state index contributed by atoms with van der Waals surface area (Å²) in [5.41, 5.74) is 1.09. The molecule has 0 saturated carbocycles. The molecule has 2 N–H and O–H groups in total. The number of hydrogen-bond acceptors (Lipinski definition) is 3. The molecule has 0 aromatic carbocycles. The van der Waals surface area contributed by atoms with E-state index >= 15 is 0 Å². The SMILES string of the molecule is CCn1cncc1CNC(C)C(=O)NC(C)C. The van der Waals surface area contributed by atoms with Crippen molar-refractivity contribution in [3.8, 4) is 0 Å². The zero-order valence-corrected chi connectivity index (χ0v) is 11.0. The van der Waals surface area contributed by atoms with Gasteiger partial charge in [0.1, 0.15) is 0 Å². The van der Waals surface area contributed by atoms with Crippen LogP contribution in [0.1, 0.15) is 33.4 Å². The molecule has 1 amide bonds. The maximum absolute atomic E-state index is 11.7. The molecular weight excluding hydrogens is 216 g/mol. The van der Waals surface area contributed by atoms with E-state index in [-0.39, 0.29) is 18.0 Å². The second-order valence-electron chi connectivity index (χ2n) is 4.44. The maximum atomic E-state index is 11.7. The molecule has 96 valence electrons. The third kappa shape index (κ3) is 4.19. The Morgan fingerprint density at radius 3 is 2.76 bits per heavy atom. The van der Waals surface area contributed by atoms with Gasteiger partial charge in [0.15, 0.2) is 0 Å². The van der Waals surface area contributed by atoms with Gasteiger partial charge in [-0.15, -0.1) is 0 Å². The fourth-order valence-corrected chi connectivity index (χ4v) is 1.54. The molecule has 1 heterocycles. The normalized spacial score (nSPS) is 12.8. The highest BCUT2D eigenvalue weighted by Gasteiger charge is 2.13. The molecular formula is C12H22N4O. The first-order valence-electron chi connectivity index (χ1n) is 6.07. The Kier molecular flexibility index (Phi) is 5.15. The van der Waals surface area contributed by atoms with Crippen LogP contribution < -0.4 is 10.6 Å². The first-order valence-corrected chi connectivity index (χ1v) is 6.07. The first kappa shape index (κ1) is 13.7. The van der Waals surface area contributed by atoms with Gasteiger partial charge in [-0.1, -0.05) is 0 Å². The molecule has 0 bridgehead atoms. The zero-order chi connectivity index (χ0) is 12.8. The van der Waals surface area contributed by atoms with Crippen LogP contribution in [-0.4, -0.2) is 27.5 Å². The second-order valence-corrected chi connectivity index (χ2v) is 4.44. The summed E-state index contributed by atoms with van der Waals surface area (Å²) in [5.74, 6) is 0.0302. The van der Waals surface area contributed by atoms with Gasteiger partial charge >= 0.3 is 0 Å². The number of carbonyl (C=O) groups excluding carboxylic acids is 1. The summed E-state index contributed by atoms with van der Waals surface area (Å²) in [7, 11) is 0. The molecule has 1 atom stereocenters. The lowest BCUT2D eigenvalue weighted by atomic mass is 10.2. The van der Waals surface area contributed by atoms with Crippen LogP contribution in [0, 0.1) is 0 Å². The van der Waals surface area contributed by atoms with Crippen LogP contribution in [0.15, 0.2) is 12.5 Å². The molecule has 1 unspecified atom stereocenters. The molecule has 0 saturated heterocycles. The third-order valence-corrected chi connectivity index (χ3v) is 2.55. The smallest absolute Gasteiger partial charge is 0.237 e. The number of rotatable bonds is 6. The Morgan fingerprint density at radius 2 is 2.18 bits per heavy atom. The number of amides is 1. The van der Waals surface area contributed by atoms with Crippen LogP contribution in [0.5, 0.6) is 0 Å². The number of nitrogens with zero attached hydrogens (tertiary/aromatic N) is 2. The van der Waals surface area contributed by atoms with Gasteiger partial charge in [0.05, 0.1) is 18.1 Å². The molecule has 0 fully saturated rings. The summed E-state index contributed by atoms with van der Waals surface area (Å²) in [6.45, 7) is 9.39. The summed E-state index contributed by atoms with van der Waals surface area (Å²) in [6.07, 6.45) is 3.62. The van der Waals surface area contributed by atoms with E-state index in [0.717, 1.165) is 12.2 Å². The number of aryl methyl sites for hydroxylation is 1. The number of nitrogens with one attached hydrogen (secondary N) is 2. The van der Waals surface area contributed by atoms with Crippen molar-refractivity contribution < 1.29 is 4.79 Å². The van der Waals surface area contributed by atoms with Crippen molar-refractivity contribution >= 4 is 5.91 Å². The van der Waals surface area contributed by atoms with Crippen LogP contribution >= 0.6 is 0 Å². The fraction of sp³-hybridized carbons (Fsp3) is 0.667. The molecule has 0 aliphatic heterocycles. The standard InChI is InChI=1S/C12H22N4O/c1-5-16-8-13-6-11(16)7-14-10(4)12(17)15-9(2)3/h6,8-10,14H,5,7H2,1-4H3,(H,15,17). The Labute approximate surface area is 103 Å². The van der Waals surface area contributed by atoms with E-state index in [1.54, 1.807) is 6.33 Å². The van der Waals surface area contributed by atoms with Gasteiger partial charge in [0.25, 0.3) is 0 Å². The molecule has 0 radical (unpaired) electrons. The van der Waals surface area contributed by atoms with Crippen molar-refractivity contribution in [2.75, 3.05) is 0 Å². The first-order chi connectivity index (χ1) is 8.04. The molecule has 5 heteroatoms. The highest BCUT2D eigenvalue weighted by molar-refractivity contribution is 5.81. The van der Waals surface area contributed by atoms with E-state index < -0.39 is 0 Å². The average molecular weight is 238 g/mol. The van der Waals surface area contributed by atoms with Gasteiger partial charge in [-0.3, -0.25) is 4.79 Å². The molecule has 1 rings (SSSR count). The summed E-state index contributed by atoms with van der Waals surface area (Å²) >= 11 is 0. The minimum Gasteiger partial charge on any atom is -0.353 e. The predicted octanol–water partition coefficient (Wildman–Crippen LogP) is 0.906. The highest BCUT2D eigenvalue weighted by atomic mass is 16.2. The van der Waals surface area contributed by atoms with Gasteiger partial charge in [-0.25, -0.2) is 4.98 Å². The van der Waals surface area contributed by atoms with E-state index in [2.05, 4.69) is 27.1 Å². The number of aromatic nitrogens is 2. The number of hydrogen-bond donors (Lipinski definition) is 2. The summed E-state index contributed by atoms with van der Waals surface area (Å²) in [4.78, 5) is 15.8. The molecule has 0 aliphatic carbocycles. The molecule has 0 aliphatic rings. The van der Waals surface area contributed by atoms with Crippen molar-refractivity contribution in [2.24, 2.45) is 0 Å². The molecule has 1 aromatic rings. The van der Waals surface area contributed by atoms with Gasteiger partial charge in [0, 0.05) is 25.3 Å². The minimum absolute atomic E-state index is 0.0302. The van der Waals surface area contributed by atoms with Crippen LogP contribution in [-0.2, 0) is 17.9 Å². The quantitative estimate of drug-likeness (QED) is 0.774. The van der Waals surface area contributed by atoms with Crippen LogP contribution in [0.3, 0.4) is 0 Å². The van der Waals surface area contributed by atoms with E-state index in [0.29, 0.717) is 6.54 Å². The lowest BCUT2D eigenvalue weighted by molar-refractivity contribution is -0.123. The predicted molar refractivity (Wildman–Crippen MR) is 67.5 cm³/mol. The summed E-state index contributed by atoms with van der Waals surface area (Å²) in [6, 6.07) is -0.0227. The maximum Gasteiger partial charge on any atom is 0.237 e. The van der Waals surface area contributed by atoms with Gasteiger partial charge in [-0.2, -0.15) is 0 Å².